The second-order valence-corrected chi connectivity index (χ2v) is 10.6. The van der Waals surface area contributed by atoms with Crippen LogP contribution in [0.25, 0.3) is 11.1 Å². The summed E-state index contributed by atoms with van der Waals surface area (Å²) >= 11 is 5.79. The van der Waals surface area contributed by atoms with Gasteiger partial charge in [-0.1, -0.05) is 41.9 Å². The van der Waals surface area contributed by atoms with Gasteiger partial charge in [-0.3, -0.25) is 0 Å². The molecule has 0 saturated carbocycles. The van der Waals surface area contributed by atoms with Gasteiger partial charge >= 0.3 is 12.3 Å². The Kier molecular flexibility index (Phi) is 7.80. The summed E-state index contributed by atoms with van der Waals surface area (Å²) in [4.78, 5) is 13.6. The van der Waals surface area contributed by atoms with E-state index < -0.39 is 39.5 Å². The Labute approximate surface area is 204 Å². The molecule has 35 heavy (non-hydrogen) atoms. The highest BCUT2D eigenvalue weighted by Gasteiger charge is 2.38. The average Bonchev–Trinajstić information content (AvgIpc) is 3.10. The zero-order chi connectivity index (χ0) is 26.0. The van der Waals surface area contributed by atoms with Crippen LogP contribution >= 0.6 is 11.6 Å². The third-order valence-electron chi connectivity index (χ3n) is 5.04. The number of rotatable bonds is 7. The first-order valence-electron chi connectivity index (χ1n) is 10.2. The van der Waals surface area contributed by atoms with E-state index in [0.717, 1.165) is 21.8 Å². The van der Waals surface area contributed by atoms with E-state index in [1.807, 2.05) is 0 Å². The Hall–Kier alpha value is -3.05. The van der Waals surface area contributed by atoms with E-state index in [1.165, 1.54) is 19.2 Å². The average molecular weight is 533 g/mol. The molecule has 0 saturated heterocycles. The van der Waals surface area contributed by atoms with Gasteiger partial charge in [0.15, 0.2) is 0 Å². The Balaban J connectivity index is 2.15. The number of hydrogen-bond donors (Lipinski definition) is 0. The molecular weight excluding hydrogens is 512 g/mol. The molecule has 6 nitrogen and oxygen atoms in total. The molecule has 0 fully saturated rings. The van der Waals surface area contributed by atoms with Crippen molar-refractivity contribution >= 4 is 27.5 Å². The predicted octanol–water partition coefficient (Wildman–Crippen LogP) is 5.49. The number of carbonyl (C=O) groups is 1. The van der Waals surface area contributed by atoms with Crippen LogP contribution < -0.4 is 4.74 Å². The highest BCUT2D eigenvalue weighted by Crippen LogP contribution is 2.42. The van der Waals surface area contributed by atoms with Crippen LogP contribution in [0, 0.1) is 5.82 Å². The van der Waals surface area contributed by atoms with E-state index >= 15 is 0 Å². The van der Waals surface area contributed by atoms with Crippen LogP contribution in [0.4, 0.5) is 22.4 Å². The van der Waals surface area contributed by atoms with Crippen LogP contribution in [-0.2, 0) is 22.6 Å². The molecule has 0 unspecified atom stereocenters. The lowest BCUT2D eigenvalue weighted by Gasteiger charge is -2.19. The van der Waals surface area contributed by atoms with Crippen molar-refractivity contribution < 1.29 is 35.5 Å². The molecule has 12 heteroatoms. The molecule has 0 aliphatic rings. The molecule has 0 atom stereocenters. The highest BCUT2D eigenvalue weighted by atomic mass is 35.5. The smallest absolute Gasteiger partial charge is 0.392 e. The normalized spacial score (nSPS) is 12.0. The SMILES string of the molecule is CN(CCS(C)(=O)=O)C(=O)Oc1c(-c2ccc(Cl)cc2F)cc(C(F)(F)F)n1Cc1ccccc1. The summed E-state index contributed by atoms with van der Waals surface area (Å²) in [6.45, 7) is -0.589. The number of amides is 1. The lowest BCUT2D eigenvalue weighted by atomic mass is 10.1. The fourth-order valence-electron chi connectivity index (χ4n) is 3.25. The molecule has 3 rings (SSSR count). The van der Waals surface area contributed by atoms with Gasteiger partial charge in [0, 0.05) is 36.0 Å². The number of sulfone groups is 1. The molecule has 0 spiro atoms. The second kappa shape index (κ2) is 10.3. The number of alkyl halides is 3. The summed E-state index contributed by atoms with van der Waals surface area (Å²) in [6, 6.07) is 12.3. The Morgan fingerprint density at radius 1 is 1.09 bits per heavy atom. The Morgan fingerprint density at radius 3 is 2.31 bits per heavy atom. The molecule has 2 aromatic carbocycles. The second-order valence-electron chi connectivity index (χ2n) is 7.86. The maximum absolute atomic E-state index is 14.7. The van der Waals surface area contributed by atoms with E-state index in [2.05, 4.69) is 0 Å². The van der Waals surface area contributed by atoms with Crippen LogP contribution in [0.2, 0.25) is 5.02 Å². The molecular formula is C23H21ClF4N2O4S. The highest BCUT2D eigenvalue weighted by molar-refractivity contribution is 7.90. The van der Waals surface area contributed by atoms with Gasteiger partial charge in [-0.15, -0.1) is 0 Å². The minimum absolute atomic E-state index is 0.0325. The van der Waals surface area contributed by atoms with Crippen LogP contribution in [0.15, 0.2) is 54.6 Å². The monoisotopic (exact) mass is 532 g/mol. The number of halogens is 5. The fraction of sp³-hybridized carbons (Fsp3) is 0.261. The molecule has 1 aromatic heterocycles. The third kappa shape index (κ3) is 6.76. The number of aromatic nitrogens is 1. The van der Waals surface area contributed by atoms with Gasteiger partial charge in [0.25, 0.3) is 0 Å². The number of benzene rings is 2. The standard InChI is InChI=1S/C23H21ClF4N2O4S/c1-29(10-11-35(2,32)33)22(31)34-21-18(17-9-8-16(24)12-19(17)25)13-20(23(26,27)28)30(21)14-15-6-4-3-5-7-15/h3-9,12-13H,10-11,14H2,1-2H3. The van der Waals surface area contributed by atoms with Gasteiger partial charge in [0.1, 0.15) is 21.3 Å². The van der Waals surface area contributed by atoms with E-state index in [4.69, 9.17) is 16.3 Å². The third-order valence-corrected chi connectivity index (χ3v) is 6.20. The molecule has 1 amide bonds. The van der Waals surface area contributed by atoms with Crippen LogP contribution in [0.1, 0.15) is 11.3 Å². The summed E-state index contributed by atoms with van der Waals surface area (Å²) in [6.07, 6.45) is -4.99. The molecule has 0 aliphatic heterocycles. The van der Waals surface area contributed by atoms with E-state index in [9.17, 15) is 30.8 Å². The molecule has 3 aromatic rings. The molecule has 0 aliphatic carbocycles. The molecule has 0 N–H and O–H groups in total. The number of ether oxygens (including phenoxy) is 1. The van der Waals surface area contributed by atoms with Crippen molar-refractivity contribution in [2.24, 2.45) is 0 Å². The van der Waals surface area contributed by atoms with Gasteiger partial charge in [0.05, 0.1) is 12.3 Å². The zero-order valence-corrected chi connectivity index (χ0v) is 20.2. The van der Waals surface area contributed by atoms with Gasteiger partial charge in [0.2, 0.25) is 5.88 Å². The summed E-state index contributed by atoms with van der Waals surface area (Å²) in [7, 11) is -2.17. The van der Waals surface area contributed by atoms with Gasteiger partial charge in [-0.2, -0.15) is 13.2 Å². The van der Waals surface area contributed by atoms with Crippen LogP contribution in [0.3, 0.4) is 0 Å². The van der Waals surface area contributed by atoms with E-state index in [-0.39, 0.29) is 35.0 Å². The summed E-state index contributed by atoms with van der Waals surface area (Å²) in [5.74, 6) is -1.83. The van der Waals surface area contributed by atoms with Gasteiger partial charge in [-0.25, -0.2) is 17.6 Å². The molecule has 0 bridgehead atoms. The summed E-state index contributed by atoms with van der Waals surface area (Å²) in [5, 5.41) is 0.0325. The maximum Gasteiger partial charge on any atom is 0.431 e. The lowest BCUT2D eigenvalue weighted by Crippen LogP contribution is -2.34. The number of hydrogen-bond acceptors (Lipinski definition) is 4. The Morgan fingerprint density at radius 2 is 1.74 bits per heavy atom. The van der Waals surface area contributed by atoms with Crippen molar-refractivity contribution in [2.45, 2.75) is 12.7 Å². The number of nitrogens with zero attached hydrogens (tertiary/aromatic N) is 2. The minimum Gasteiger partial charge on any atom is -0.392 e. The molecule has 0 radical (unpaired) electrons. The largest absolute Gasteiger partial charge is 0.431 e. The Bertz CT molecular complexity index is 1330. The van der Waals surface area contributed by atoms with Crippen molar-refractivity contribution in [1.82, 2.24) is 9.47 Å². The zero-order valence-electron chi connectivity index (χ0n) is 18.6. The quantitative estimate of drug-likeness (QED) is 0.377. The predicted molar refractivity (Wildman–Crippen MR) is 124 cm³/mol. The first kappa shape index (κ1) is 26.6. The van der Waals surface area contributed by atoms with Crippen molar-refractivity contribution in [2.75, 3.05) is 25.6 Å². The van der Waals surface area contributed by atoms with Crippen LogP contribution in [-0.4, -0.2) is 49.6 Å². The van der Waals surface area contributed by atoms with E-state index in [0.29, 0.717) is 11.6 Å². The van der Waals surface area contributed by atoms with Crippen molar-refractivity contribution in [1.29, 1.82) is 0 Å². The topological polar surface area (TPSA) is 68.6 Å². The van der Waals surface area contributed by atoms with Crippen molar-refractivity contribution in [3.05, 3.63) is 76.7 Å². The van der Waals surface area contributed by atoms with Gasteiger partial charge in [-0.05, 0) is 29.8 Å². The van der Waals surface area contributed by atoms with Crippen molar-refractivity contribution in [3.63, 3.8) is 0 Å². The number of carbonyl (C=O) groups excluding carboxylic acids is 1. The lowest BCUT2D eigenvalue weighted by molar-refractivity contribution is -0.143. The first-order chi connectivity index (χ1) is 16.3. The minimum atomic E-state index is -4.86. The van der Waals surface area contributed by atoms with E-state index in [1.54, 1.807) is 30.3 Å². The van der Waals surface area contributed by atoms with Crippen LogP contribution in [0.5, 0.6) is 5.88 Å². The first-order valence-corrected chi connectivity index (χ1v) is 12.6. The summed E-state index contributed by atoms with van der Waals surface area (Å²) < 4.78 is 85.7. The fourth-order valence-corrected chi connectivity index (χ4v) is 4.02. The maximum atomic E-state index is 14.7. The summed E-state index contributed by atoms with van der Waals surface area (Å²) in [5.41, 5.74) is -1.26. The molecule has 188 valence electrons. The molecule has 1 heterocycles. The van der Waals surface area contributed by atoms with Crippen molar-refractivity contribution in [3.8, 4) is 17.0 Å². The van der Waals surface area contributed by atoms with Gasteiger partial charge < -0.3 is 14.2 Å².